The fourth-order valence-electron chi connectivity index (χ4n) is 3.40. The van der Waals surface area contributed by atoms with Crippen molar-refractivity contribution in [3.05, 3.63) is 84.1 Å². The minimum absolute atomic E-state index is 1.18. The molecular weight excluding hydrogens is 316 g/mol. The zero-order valence-corrected chi connectivity index (χ0v) is 15.5. The van der Waals surface area contributed by atoms with E-state index < -0.39 is 0 Å². The van der Waals surface area contributed by atoms with Gasteiger partial charge in [0.2, 0.25) is 11.2 Å². The molecule has 4 aromatic rings. The molecule has 0 aliphatic rings. The summed E-state index contributed by atoms with van der Waals surface area (Å²) in [7, 11) is 6.25. The van der Waals surface area contributed by atoms with E-state index in [1.54, 1.807) is 0 Å². The third-order valence-electron chi connectivity index (χ3n) is 4.97. The number of hydrogen-bond donors (Lipinski definition) is 0. The van der Waals surface area contributed by atoms with Gasteiger partial charge in [0.05, 0.1) is 5.39 Å². The molecule has 0 fully saturated rings. The SMILES string of the molecule is CN(C)c1ccc(/C=C/c2ccc3c4ccccc4ccc3[n+]2C)cc1. The lowest BCUT2D eigenvalue weighted by Gasteiger charge is -2.11. The molecule has 3 aromatic carbocycles. The number of rotatable bonds is 3. The van der Waals surface area contributed by atoms with Gasteiger partial charge in [-0.15, -0.1) is 0 Å². The van der Waals surface area contributed by atoms with Gasteiger partial charge >= 0.3 is 0 Å². The molecule has 4 rings (SSSR count). The van der Waals surface area contributed by atoms with Gasteiger partial charge in [-0.05, 0) is 46.7 Å². The first kappa shape index (κ1) is 16.3. The van der Waals surface area contributed by atoms with Crippen molar-refractivity contribution in [2.24, 2.45) is 7.05 Å². The van der Waals surface area contributed by atoms with Crippen molar-refractivity contribution in [1.82, 2.24) is 0 Å². The fraction of sp³-hybridized carbons (Fsp3) is 0.125. The molecule has 0 unspecified atom stereocenters. The number of fused-ring (bicyclic) bond motifs is 3. The number of aromatic nitrogens is 1. The Morgan fingerprint density at radius 3 is 2.27 bits per heavy atom. The molecule has 0 aliphatic carbocycles. The van der Waals surface area contributed by atoms with Gasteiger partial charge in [-0.25, -0.2) is 0 Å². The minimum Gasteiger partial charge on any atom is -0.378 e. The number of hydrogen-bond acceptors (Lipinski definition) is 1. The first-order valence-electron chi connectivity index (χ1n) is 8.89. The van der Waals surface area contributed by atoms with Crippen LogP contribution in [0.5, 0.6) is 0 Å². The third-order valence-corrected chi connectivity index (χ3v) is 4.97. The summed E-state index contributed by atoms with van der Waals surface area (Å²) in [5.74, 6) is 0. The highest BCUT2D eigenvalue weighted by Gasteiger charge is 2.11. The molecule has 0 bridgehead atoms. The van der Waals surface area contributed by atoms with Crippen LogP contribution in [0.15, 0.2) is 72.8 Å². The number of aryl methyl sites for hydroxylation is 1. The number of pyridine rings is 1. The van der Waals surface area contributed by atoms with Gasteiger partial charge in [0.1, 0.15) is 7.05 Å². The van der Waals surface area contributed by atoms with Crippen LogP contribution in [0.4, 0.5) is 5.69 Å². The van der Waals surface area contributed by atoms with E-state index in [0.29, 0.717) is 0 Å². The summed E-state index contributed by atoms with van der Waals surface area (Å²) in [6.45, 7) is 0. The topological polar surface area (TPSA) is 7.12 Å². The molecular formula is C24H23N2+. The van der Waals surface area contributed by atoms with Crippen molar-refractivity contribution < 1.29 is 4.57 Å². The van der Waals surface area contributed by atoms with Gasteiger partial charge in [-0.1, -0.05) is 36.4 Å². The van der Waals surface area contributed by atoms with Crippen LogP contribution >= 0.6 is 0 Å². The van der Waals surface area contributed by atoms with Gasteiger partial charge < -0.3 is 4.90 Å². The Morgan fingerprint density at radius 1 is 0.731 bits per heavy atom. The van der Waals surface area contributed by atoms with Gasteiger partial charge in [0.15, 0.2) is 0 Å². The Labute approximate surface area is 154 Å². The van der Waals surface area contributed by atoms with E-state index in [9.17, 15) is 0 Å². The van der Waals surface area contributed by atoms with Crippen molar-refractivity contribution in [3.8, 4) is 0 Å². The number of benzene rings is 3. The summed E-state index contributed by atoms with van der Waals surface area (Å²) in [5, 5.41) is 3.87. The maximum atomic E-state index is 2.26. The van der Waals surface area contributed by atoms with E-state index in [1.165, 1.54) is 38.6 Å². The summed E-state index contributed by atoms with van der Waals surface area (Å²) in [6.07, 6.45) is 4.35. The summed E-state index contributed by atoms with van der Waals surface area (Å²) < 4.78 is 2.26. The van der Waals surface area contributed by atoms with Crippen LogP contribution in [-0.4, -0.2) is 14.1 Å². The van der Waals surface area contributed by atoms with Crippen LogP contribution in [-0.2, 0) is 7.05 Å². The van der Waals surface area contributed by atoms with Crippen molar-refractivity contribution >= 4 is 39.5 Å². The van der Waals surface area contributed by atoms with Crippen molar-refractivity contribution in [3.63, 3.8) is 0 Å². The lowest BCUT2D eigenvalue weighted by Crippen LogP contribution is -2.32. The van der Waals surface area contributed by atoms with Gasteiger partial charge in [-0.2, -0.15) is 4.57 Å². The molecule has 0 saturated carbocycles. The van der Waals surface area contributed by atoms with Crippen molar-refractivity contribution in [2.45, 2.75) is 0 Å². The second kappa shape index (κ2) is 6.64. The van der Waals surface area contributed by atoms with Crippen LogP contribution in [0.25, 0.3) is 33.8 Å². The molecule has 0 amide bonds. The predicted molar refractivity (Wildman–Crippen MR) is 112 cm³/mol. The zero-order valence-electron chi connectivity index (χ0n) is 15.5. The second-order valence-electron chi connectivity index (χ2n) is 6.86. The van der Waals surface area contributed by atoms with E-state index in [-0.39, 0.29) is 0 Å². The van der Waals surface area contributed by atoms with Gasteiger partial charge in [0.25, 0.3) is 0 Å². The summed E-state index contributed by atoms with van der Waals surface area (Å²) >= 11 is 0. The average Bonchev–Trinajstić information content (AvgIpc) is 2.67. The monoisotopic (exact) mass is 339 g/mol. The van der Waals surface area contributed by atoms with Crippen LogP contribution in [0.2, 0.25) is 0 Å². The molecule has 0 saturated heterocycles. The molecule has 0 spiro atoms. The van der Waals surface area contributed by atoms with Crippen LogP contribution in [0, 0.1) is 0 Å². The standard InChI is InChI=1S/C24H23N2/c1-25(2)20-12-8-18(9-13-20)10-14-21-15-16-23-22-7-5-4-6-19(22)11-17-24(23)26(21)3/h4-17H,1-3H3/q+1. The molecule has 2 heteroatoms. The highest BCUT2D eigenvalue weighted by molar-refractivity contribution is 6.05. The van der Waals surface area contributed by atoms with Crippen LogP contribution in [0.1, 0.15) is 11.3 Å². The van der Waals surface area contributed by atoms with Crippen molar-refractivity contribution in [1.29, 1.82) is 0 Å². The van der Waals surface area contributed by atoms with Crippen LogP contribution < -0.4 is 9.47 Å². The molecule has 128 valence electrons. The Bertz CT molecular complexity index is 1110. The van der Waals surface area contributed by atoms with Gasteiger partial charge in [0, 0.05) is 38.0 Å². The fourth-order valence-corrected chi connectivity index (χ4v) is 3.40. The third kappa shape index (κ3) is 2.95. The van der Waals surface area contributed by atoms with E-state index in [2.05, 4.69) is 116 Å². The quantitative estimate of drug-likeness (QED) is 0.374. The molecule has 0 aliphatic heterocycles. The van der Waals surface area contributed by atoms with Crippen LogP contribution in [0.3, 0.4) is 0 Å². The Kier molecular flexibility index (Phi) is 4.18. The molecule has 2 nitrogen and oxygen atoms in total. The normalized spacial score (nSPS) is 11.5. The van der Waals surface area contributed by atoms with E-state index >= 15 is 0 Å². The Morgan fingerprint density at radius 2 is 1.50 bits per heavy atom. The summed E-state index contributed by atoms with van der Waals surface area (Å²) in [5.41, 5.74) is 4.85. The highest BCUT2D eigenvalue weighted by atomic mass is 15.1. The highest BCUT2D eigenvalue weighted by Crippen LogP contribution is 2.23. The van der Waals surface area contributed by atoms with Crippen molar-refractivity contribution in [2.75, 3.05) is 19.0 Å². The molecule has 1 heterocycles. The molecule has 0 radical (unpaired) electrons. The summed E-state index contributed by atoms with van der Waals surface area (Å²) in [4.78, 5) is 2.11. The molecule has 1 aromatic heterocycles. The lowest BCUT2D eigenvalue weighted by molar-refractivity contribution is -0.646. The summed E-state index contributed by atoms with van der Waals surface area (Å²) in [6, 6.07) is 26.0. The first-order chi connectivity index (χ1) is 12.6. The molecule has 0 atom stereocenters. The zero-order chi connectivity index (χ0) is 18.1. The number of anilines is 1. The predicted octanol–water partition coefficient (Wildman–Crippen LogP) is 5.05. The van der Waals surface area contributed by atoms with E-state index in [1.807, 2.05) is 0 Å². The largest absolute Gasteiger partial charge is 0.378 e. The second-order valence-corrected chi connectivity index (χ2v) is 6.86. The van der Waals surface area contributed by atoms with E-state index in [0.717, 1.165) is 0 Å². The minimum atomic E-state index is 1.18. The Balaban J connectivity index is 1.73. The lowest BCUT2D eigenvalue weighted by atomic mass is 10.0. The Hall–Kier alpha value is -3.13. The maximum absolute atomic E-state index is 2.26. The average molecular weight is 339 g/mol. The molecule has 26 heavy (non-hydrogen) atoms. The van der Waals surface area contributed by atoms with E-state index in [4.69, 9.17) is 0 Å². The smallest absolute Gasteiger partial charge is 0.213 e. The first-order valence-corrected chi connectivity index (χ1v) is 8.89. The van der Waals surface area contributed by atoms with Gasteiger partial charge in [-0.3, -0.25) is 0 Å². The molecule has 0 N–H and O–H groups in total. The number of nitrogens with zero attached hydrogens (tertiary/aromatic N) is 2. The maximum Gasteiger partial charge on any atom is 0.213 e.